The second-order valence-electron chi connectivity index (χ2n) is 4.41. The third-order valence-corrected chi connectivity index (χ3v) is 4.13. The maximum Gasteiger partial charge on any atom is 1.00 e. The Kier molecular flexibility index (Phi) is 7.05. The summed E-state index contributed by atoms with van der Waals surface area (Å²) < 4.78 is 0. The van der Waals surface area contributed by atoms with Gasteiger partial charge in [0, 0.05) is 17.5 Å². The average molecular weight is 302 g/mol. The number of hydrogen-bond acceptors (Lipinski definition) is 5. The van der Waals surface area contributed by atoms with Crippen molar-refractivity contribution in [1.82, 2.24) is 5.32 Å². The van der Waals surface area contributed by atoms with Crippen molar-refractivity contribution in [2.75, 3.05) is 18.1 Å². The zero-order chi connectivity index (χ0) is 13.8. The number of thioether (sulfide) groups is 1. The number of hydrogen-bond donors (Lipinski definition) is 2. The molecule has 2 N–H and O–H groups in total. The minimum absolute atomic E-state index is 0. The Morgan fingerprint density at radius 2 is 2.20 bits per heavy atom. The summed E-state index contributed by atoms with van der Waals surface area (Å²) >= 11 is 1.74. The van der Waals surface area contributed by atoms with E-state index in [1.165, 1.54) is 12.1 Å². The summed E-state index contributed by atoms with van der Waals surface area (Å²) in [6, 6.07) is 5.85. The quantitative estimate of drug-likeness (QED) is 0.583. The first kappa shape index (κ1) is 17.5. The SMILES string of the molecule is CSC1CNC(C(=O)Nc2cccc(C(=O)[O-])c2)C1.[Na+]. The normalized spacial score (nSPS) is 21.1. The number of aromatic carboxylic acids is 1. The van der Waals surface area contributed by atoms with Crippen molar-refractivity contribution in [1.29, 1.82) is 0 Å². The van der Waals surface area contributed by atoms with E-state index in [9.17, 15) is 14.7 Å². The summed E-state index contributed by atoms with van der Waals surface area (Å²) in [7, 11) is 0. The van der Waals surface area contributed by atoms with Gasteiger partial charge in [0.15, 0.2) is 0 Å². The predicted molar refractivity (Wildman–Crippen MR) is 73.1 cm³/mol. The number of carbonyl (C=O) groups excluding carboxylic acids is 2. The number of nitrogens with one attached hydrogen (secondary N) is 2. The molecule has 0 radical (unpaired) electrons. The van der Waals surface area contributed by atoms with Gasteiger partial charge in [0.25, 0.3) is 0 Å². The summed E-state index contributed by atoms with van der Waals surface area (Å²) in [5.74, 6) is -1.38. The fourth-order valence-corrected chi connectivity index (χ4v) is 2.68. The van der Waals surface area contributed by atoms with Crippen molar-refractivity contribution >= 4 is 29.3 Å². The summed E-state index contributed by atoms with van der Waals surface area (Å²) in [5, 5.41) is 17.1. The van der Waals surface area contributed by atoms with Crippen molar-refractivity contribution in [3.05, 3.63) is 29.8 Å². The Morgan fingerprint density at radius 1 is 1.45 bits per heavy atom. The van der Waals surface area contributed by atoms with Crippen LogP contribution in [0.3, 0.4) is 0 Å². The number of rotatable bonds is 4. The summed E-state index contributed by atoms with van der Waals surface area (Å²) in [5.41, 5.74) is 0.528. The van der Waals surface area contributed by atoms with Crippen LogP contribution in [-0.2, 0) is 4.79 Å². The van der Waals surface area contributed by atoms with Crippen LogP contribution in [0.4, 0.5) is 5.69 Å². The Hall–Kier alpha value is -0.530. The largest absolute Gasteiger partial charge is 1.00 e. The second-order valence-corrected chi connectivity index (χ2v) is 5.55. The Morgan fingerprint density at radius 3 is 2.80 bits per heavy atom. The Labute approximate surface area is 144 Å². The topological polar surface area (TPSA) is 81.3 Å². The van der Waals surface area contributed by atoms with Gasteiger partial charge < -0.3 is 20.5 Å². The molecule has 0 aromatic heterocycles. The van der Waals surface area contributed by atoms with Crippen LogP contribution in [0.15, 0.2) is 24.3 Å². The van der Waals surface area contributed by atoms with Crippen molar-refractivity contribution in [3.8, 4) is 0 Å². The number of carboxylic acid groups (broad SMARTS) is 1. The molecular weight excluding hydrogens is 287 g/mol. The molecule has 0 saturated carbocycles. The summed E-state index contributed by atoms with van der Waals surface area (Å²) in [6.45, 7) is 0.818. The van der Waals surface area contributed by atoms with Gasteiger partial charge in [-0.2, -0.15) is 11.8 Å². The van der Waals surface area contributed by atoms with Crippen molar-refractivity contribution < 1.29 is 44.3 Å². The molecule has 0 bridgehead atoms. The third-order valence-electron chi connectivity index (χ3n) is 3.11. The van der Waals surface area contributed by atoms with E-state index < -0.39 is 5.97 Å². The van der Waals surface area contributed by atoms with Crippen LogP contribution >= 0.6 is 11.8 Å². The molecule has 1 saturated heterocycles. The van der Waals surface area contributed by atoms with E-state index in [-0.39, 0.29) is 47.1 Å². The first-order chi connectivity index (χ1) is 9.10. The fourth-order valence-electron chi connectivity index (χ4n) is 2.04. The molecule has 1 aliphatic rings. The molecule has 7 heteroatoms. The van der Waals surface area contributed by atoms with Gasteiger partial charge in [0.2, 0.25) is 5.91 Å². The maximum atomic E-state index is 12.0. The zero-order valence-corrected chi connectivity index (χ0v) is 14.3. The van der Waals surface area contributed by atoms with E-state index >= 15 is 0 Å². The molecule has 5 nitrogen and oxygen atoms in total. The van der Waals surface area contributed by atoms with Crippen LogP contribution in [0, 0.1) is 0 Å². The Balaban J connectivity index is 0.00000200. The molecule has 1 amide bonds. The van der Waals surface area contributed by atoms with Gasteiger partial charge >= 0.3 is 29.6 Å². The molecule has 20 heavy (non-hydrogen) atoms. The number of anilines is 1. The zero-order valence-electron chi connectivity index (χ0n) is 11.5. The molecule has 102 valence electrons. The van der Waals surface area contributed by atoms with E-state index in [0.29, 0.717) is 10.9 Å². The number of amides is 1. The van der Waals surface area contributed by atoms with E-state index in [1.54, 1.807) is 23.9 Å². The molecule has 2 rings (SSSR count). The smallest absolute Gasteiger partial charge is 0.545 e. The minimum atomic E-state index is -1.25. The van der Waals surface area contributed by atoms with Crippen LogP contribution in [-0.4, -0.2) is 36.0 Å². The molecule has 2 atom stereocenters. The summed E-state index contributed by atoms with van der Waals surface area (Å²) in [4.78, 5) is 22.7. The first-order valence-corrected chi connectivity index (χ1v) is 7.27. The average Bonchev–Trinajstić information content (AvgIpc) is 2.88. The second kappa shape index (κ2) is 8.05. The molecule has 1 fully saturated rings. The minimum Gasteiger partial charge on any atom is -0.545 e. The van der Waals surface area contributed by atoms with Crippen molar-refractivity contribution in [2.24, 2.45) is 0 Å². The maximum absolute atomic E-state index is 12.0. The predicted octanol–water partition coefficient (Wildman–Crippen LogP) is -2.91. The van der Waals surface area contributed by atoms with Crippen LogP contribution in [0.2, 0.25) is 0 Å². The van der Waals surface area contributed by atoms with Gasteiger partial charge in [-0.05, 0) is 30.4 Å². The summed E-state index contributed by atoms with van der Waals surface area (Å²) in [6.07, 6.45) is 2.81. The van der Waals surface area contributed by atoms with E-state index in [0.717, 1.165) is 13.0 Å². The van der Waals surface area contributed by atoms with Crippen LogP contribution < -0.4 is 45.3 Å². The van der Waals surface area contributed by atoms with Crippen LogP contribution in [0.5, 0.6) is 0 Å². The van der Waals surface area contributed by atoms with E-state index in [1.807, 2.05) is 6.26 Å². The van der Waals surface area contributed by atoms with Gasteiger partial charge in [-0.25, -0.2) is 0 Å². The van der Waals surface area contributed by atoms with E-state index in [4.69, 9.17) is 0 Å². The van der Waals surface area contributed by atoms with Gasteiger partial charge in [-0.1, -0.05) is 12.1 Å². The van der Waals surface area contributed by atoms with Crippen molar-refractivity contribution in [3.63, 3.8) is 0 Å². The van der Waals surface area contributed by atoms with Gasteiger partial charge in [-0.15, -0.1) is 0 Å². The fraction of sp³-hybridized carbons (Fsp3) is 0.385. The molecule has 2 unspecified atom stereocenters. The Bertz CT molecular complexity index is 498. The molecule has 0 spiro atoms. The molecule has 0 aliphatic carbocycles. The van der Waals surface area contributed by atoms with Gasteiger partial charge in [0.1, 0.15) is 0 Å². The molecule has 1 aliphatic heterocycles. The standard InChI is InChI=1S/C13H16N2O3S.Na/c1-19-10-6-11(14-7-10)12(16)15-9-4-2-3-8(5-9)13(17)18;/h2-5,10-11,14H,6-7H2,1H3,(H,15,16)(H,17,18);/q;+1/p-1. The van der Waals surface area contributed by atoms with Crippen LogP contribution in [0.25, 0.3) is 0 Å². The molecule has 1 aromatic rings. The number of carbonyl (C=O) groups is 2. The molecule has 1 aromatic carbocycles. The monoisotopic (exact) mass is 302 g/mol. The molecular formula is C13H15N2NaO3S. The van der Waals surface area contributed by atoms with Crippen molar-refractivity contribution in [2.45, 2.75) is 17.7 Å². The van der Waals surface area contributed by atoms with E-state index in [2.05, 4.69) is 10.6 Å². The molecule has 1 heterocycles. The van der Waals surface area contributed by atoms with Gasteiger partial charge in [-0.3, -0.25) is 4.79 Å². The van der Waals surface area contributed by atoms with Gasteiger partial charge in [0.05, 0.1) is 12.0 Å². The van der Waals surface area contributed by atoms with Crippen LogP contribution in [0.1, 0.15) is 16.8 Å². The third kappa shape index (κ3) is 4.49. The number of benzene rings is 1. The first-order valence-electron chi connectivity index (χ1n) is 5.98. The number of carboxylic acids is 1.